The molecular formula is C40H72N2O8. The van der Waals surface area contributed by atoms with E-state index < -0.39 is 24.1 Å². The highest BCUT2D eigenvalue weighted by molar-refractivity contribution is 5.91. The number of nitrogens with zero attached hydrogens (tertiary/aromatic N) is 2. The zero-order chi connectivity index (χ0) is 37.0. The number of carbonyl (C=O) groups is 2. The van der Waals surface area contributed by atoms with Gasteiger partial charge in [-0.1, -0.05) is 90.9 Å². The molecule has 290 valence electrons. The molecule has 0 amide bonds. The zero-order valence-electron chi connectivity index (χ0n) is 32.5. The summed E-state index contributed by atoms with van der Waals surface area (Å²) in [6.45, 7) is 7.38. The van der Waals surface area contributed by atoms with Crippen LogP contribution in [0.3, 0.4) is 0 Å². The van der Waals surface area contributed by atoms with Gasteiger partial charge >= 0.3 is 11.9 Å². The summed E-state index contributed by atoms with van der Waals surface area (Å²) in [4.78, 5) is 29.9. The molecule has 1 aromatic rings. The van der Waals surface area contributed by atoms with E-state index in [0.717, 1.165) is 51.5 Å². The Kier molecular flexibility index (Phi) is 26.9. The van der Waals surface area contributed by atoms with E-state index in [-0.39, 0.29) is 24.5 Å². The first-order chi connectivity index (χ1) is 24.1. The second-order valence-corrected chi connectivity index (χ2v) is 14.0. The van der Waals surface area contributed by atoms with Crippen molar-refractivity contribution in [2.45, 2.75) is 148 Å². The molecular weight excluding hydrogens is 636 g/mol. The van der Waals surface area contributed by atoms with Crippen molar-refractivity contribution in [1.29, 1.82) is 0 Å². The number of unbranched alkanes of at least 4 members (excludes halogenated alkanes) is 11. The maximum atomic E-state index is 13.0. The van der Waals surface area contributed by atoms with Crippen LogP contribution in [-0.2, 0) is 20.9 Å². The molecule has 1 aromatic carbocycles. The number of hydrogen-bond acceptors (Lipinski definition) is 10. The van der Waals surface area contributed by atoms with Crippen LogP contribution in [-0.4, -0.2) is 105 Å². The van der Waals surface area contributed by atoms with Gasteiger partial charge in [0.25, 0.3) is 0 Å². The molecule has 10 nitrogen and oxygen atoms in total. The van der Waals surface area contributed by atoms with E-state index in [2.05, 4.69) is 18.7 Å². The lowest BCUT2D eigenvalue weighted by molar-refractivity contribution is -0.134. The SMILES string of the molecule is CCCCCCCCC(O)CN(CCCCC(=O)Oc1c(COC)cc(C(=O)OCCCN(C)C)cc1OC)CC(O)CCCCCCCC. The second kappa shape index (κ2) is 29.3. The van der Waals surface area contributed by atoms with Gasteiger partial charge in [-0.25, -0.2) is 4.79 Å². The Bertz CT molecular complexity index is 997. The lowest BCUT2D eigenvalue weighted by atomic mass is 10.1. The van der Waals surface area contributed by atoms with Crippen LogP contribution in [0.4, 0.5) is 0 Å². The number of methoxy groups -OCH3 is 2. The largest absolute Gasteiger partial charge is 0.493 e. The summed E-state index contributed by atoms with van der Waals surface area (Å²) in [6.07, 6.45) is 17.1. The van der Waals surface area contributed by atoms with Gasteiger partial charge in [-0.05, 0) is 64.9 Å². The number of aliphatic hydroxyl groups is 2. The minimum Gasteiger partial charge on any atom is -0.493 e. The maximum Gasteiger partial charge on any atom is 0.338 e. The van der Waals surface area contributed by atoms with Crippen molar-refractivity contribution < 1.29 is 38.7 Å². The molecule has 0 heterocycles. The summed E-state index contributed by atoms with van der Waals surface area (Å²) in [5, 5.41) is 21.7. The summed E-state index contributed by atoms with van der Waals surface area (Å²) in [5.41, 5.74) is 0.821. The fraction of sp³-hybridized carbons (Fsp3) is 0.800. The molecule has 10 heteroatoms. The van der Waals surface area contributed by atoms with Crippen LogP contribution in [0, 0.1) is 0 Å². The van der Waals surface area contributed by atoms with Gasteiger partial charge in [-0.3, -0.25) is 9.69 Å². The summed E-state index contributed by atoms with van der Waals surface area (Å²) in [6, 6.07) is 3.15. The summed E-state index contributed by atoms with van der Waals surface area (Å²) in [7, 11) is 6.93. The highest BCUT2D eigenvalue weighted by atomic mass is 16.6. The van der Waals surface area contributed by atoms with Crippen LogP contribution in [0.25, 0.3) is 0 Å². The molecule has 0 aliphatic carbocycles. The van der Waals surface area contributed by atoms with Crippen molar-refractivity contribution in [2.75, 3.05) is 61.1 Å². The van der Waals surface area contributed by atoms with Crippen LogP contribution in [0.2, 0.25) is 0 Å². The monoisotopic (exact) mass is 709 g/mol. The smallest absolute Gasteiger partial charge is 0.338 e. The summed E-state index contributed by atoms with van der Waals surface area (Å²) >= 11 is 0. The van der Waals surface area contributed by atoms with E-state index in [1.54, 1.807) is 6.07 Å². The number of ether oxygens (including phenoxy) is 4. The van der Waals surface area contributed by atoms with Crippen molar-refractivity contribution >= 4 is 11.9 Å². The average molecular weight is 709 g/mol. The first-order valence-corrected chi connectivity index (χ1v) is 19.5. The van der Waals surface area contributed by atoms with Gasteiger partial charge in [0.1, 0.15) is 0 Å². The number of benzene rings is 1. The second-order valence-electron chi connectivity index (χ2n) is 14.0. The third-order valence-corrected chi connectivity index (χ3v) is 8.91. The predicted molar refractivity (Wildman–Crippen MR) is 201 cm³/mol. The molecule has 0 aliphatic heterocycles. The molecule has 0 bridgehead atoms. The van der Waals surface area contributed by atoms with Gasteiger partial charge < -0.3 is 34.1 Å². The molecule has 1 rings (SSSR count). The quantitative estimate of drug-likeness (QED) is 0.0441. The Morgan fingerprint density at radius 2 is 1.32 bits per heavy atom. The van der Waals surface area contributed by atoms with E-state index in [1.807, 2.05) is 19.0 Å². The van der Waals surface area contributed by atoms with Gasteiger partial charge in [0, 0.05) is 38.7 Å². The van der Waals surface area contributed by atoms with Crippen LogP contribution >= 0.6 is 0 Å². The van der Waals surface area contributed by atoms with Crippen LogP contribution < -0.4 is 9.47 Å². The van der Waals surface area contributed by atoms with E-state index in [4.69, 9.17) is 18.9 Å². The molecule has 2 atom stereocenters. The molecule has 0 aliphatic rings. The lowest BCUT2D eigenvalue weighted by Crippen LogP contribution is -2.38. The van der Waals surface area contributed by atoms with Crippen molar-refractivity contribution in [1.82, 2.24) is 9.80 Å². The van der Waals surface area contributed by atoms with E-state index in [0.29, 0.717) is 50.2 Å². The Hall–Kier alpha value is -2.24. The molecule has 0 saturated carbocycles. The standard InChI is InChI=1S/C40H72N2O8/c1-7-9-11-13-15-17-22-35(43)30-42(31-36(44)23-18-16-14-12-10-8-2)26-20-19-24-38(45)50-39-34(32-47-5)28-33(29-37(39)48-6)40(46)49-27-21-25-41(3)4/h28-29,35-36,43-44H,7-27,30-32H2,1-6H3. The van der Waals surface area contributed by atoms with Gasteiger partial charge in [0.15, 0.2) is 11.5 Å². The summed E-state index contributed by atoms with van der Waals surface area (Å²) in [5.74, 6) is -0.382. The first kappa shape index (κ1) is 45.8. The van der Waals surface area contributed by atoms with Crippen molar-refractivity contribution in [3.8, 4) is 11.5 Å². The fourth-order valence-electron chi connectivity index (χ4n) is 6.06. The Balaban J connectivity index is 2.74. The van der Waals surface area contributed by atoms with Gasteiger partial charge in [0.2, 0.25) is 0 Å². The molecule has 0 radical (unpaired) electrons. The lowest BCUT2D eigenvalue weighted by Gasteiger charge is -2.27. The Labute approximate surface area is 304 Å². The Morgan fingerprint density at radius 3 is 1.86 bits per heavy atom. The van der Waals surface area contributed by atoms with Crippen LogP contribution in [0.1, 0.15) is 145 Å². The van der Waals surface area contributed by atoms with Crippen LogP contribution in [0.15, 0.2) is 12.1 Å². The van der Waals surface area contributed by atoms with Crippen molar-refractivity contribution in [2.24, 2.45) is 0 Å². The van der Waals surface area contributed by atoms with Crippen molar-refractivity contribution in [3.05, 3.63) is 23.3 Å². The Morgan fingerprint density at radius 1 is 0.740 bits per heavy atom. The molecule has 0 aromatic heterocycles. The van der Waals surface area contributed by atoms with Gasteiger partial charge in [0.05, 0.1) is 38.1 Å². The zero-order valence-corrected chi connectivity index (χ0v) is 32.5. The number of rotatable bonds is 32. The molecule has 0 spiro atoms. The third kappa shape index (κ3) is 21.9. The van der Waals surface area contributed by atoms with Gasteiger partial charge in [-0.15, -0.1) is 0 Å². The minimum absolute atomic E-state index is 0.123. The van der Waals surface area contributed by atoms with E-state index >= 15 is 0 Å². The highest BCUT2D eigenvalue weighted by Gasteiger charge is 2.21. The van der Waals surface area contributed by atoms with Crippen molar-refractivity contribution in [3.63, 3.8) is 0 Å². The highest BCUT2D eigenvalue weighted by Crippen LogP contribution is 2.34. The third-order valence-electron chi connectivity index (χ3n) is 8.91. The maximum absolute atomic E-state index is 13.0. The molecule has 50 heavy (non-hydrogen) atoms. The van der Waals surface area contributed by atoms with E-state index in [9.17, 15) is 19.8 Å². The molecule has 0 saturated heterocycles. The number of carbonyl (C=O) groups excluding carboxylic acids is 2. The number of aliphatic hydroxyl groups excluding tert-OH is 2. The average Bonchev–Trinajstić information content (AvgIpc) is 3.08. The normalized spacial score (nSPS) is 12.8. The number of hydrogen-bond donors (Lipinski definition) is 2. The summed E-state index contributed by atoms with van der Waals surface area (Å²) < 4.78 is 22.1. The molecule has 2 N–H and O–H groups in total. The molecule has 2 unspecified atom stereocenters. The fourth-order valence-corrected chi connectivity index (χ4v) is 6.06. The predicted octanol–water partition coefficient (Wildman–Crippen LogP) is 7.55. The minimum atomic E-state index is -0.476. The van der Waals surface area contributed by atoms with E-state index in [1.165, 1.54) is 71.7 Å². The number of esters is 2. The van der Waals surface area contributed by atoms with Crippen LogP contribution in [0.5, 0.6) is 11.5 Å². The molecule has 0 fully saturated rings. The first-order valence-electron chi connectivity index (χ1n) is 19.5. The topological polar surface area (TPSA) is 118 Å². The van der Waals surface area contributed by atoms with Gasteiger partial charge in [-0.2, -0.15) is 0 Å².